The van der Waals surface area contributed by atoms with Crippen LogP contribution >= 0.6 is 0 Å². The standard InChI is InChI=1S/C18H27N/c1-3-7-16(8-4-1)18(17-9-5-2-6-10-17)19-14-13-15-11-12-15/h1,3-4,7-8,15,17-19H,2,5-6,9-14H2. The molecule has 0 radical (unpaired) electrons. The summed E-state index contributed by atoms with van der Waals surface area (Å²) in [4.78, 5) is 0. The van der Waals surface area contributed by atoms with Gasteiger partial charge in [0.05, 0.1) is 0 Å². The normalized spacial score (nSPS) is 22.3. The second-order valence-corrected chi connectivity index (χ2v) is 6.47. The number of nitrogens with one attached hydrogen (secondary N) is 1. The van der Waals surface area contributed by atoms with E-state index in [4.69, 9.17) is 0 Å². The van der Waals surface area contributed by atoms with Gasteiger partial charge in [-0.05, 0) is 43.2 Å². The van der Waals surface area contributed by atoms with Crippen LogP contribution in [0.25, 0.3) is 0 Å². The van der Waals surface area contributed by atoms with E-state index in [1.54, 1.807) is 0 Å². The minimum atomic E-state index is 0.597. The van der Waals surface area contributed by atoms with Crippen LogP contribution in [0.4, 0.5) is 0 Å². The second kappa shape index (κ2) is 6.56. The molecular formula is C18H27N. The van der Waals surface area contributed by atoms with E-state index in [2.05, 4.69) is 35.6 Å². The Morgan fingerprint density at radius 3 is 2.37 bits per heavy atom. The van der Waals surface area contributed by atoms with Crippen LogP contribution in [0.3, 0.4) is 0 Å². The van der Waals surface area contributed by atoms with Gasteiger partial charge in [0.15, 0.2) is 0 Å². The van der Waals surface area contributed by atoms with Crippen molar-refractivity contribution in [2.45, 2.75) is 57.4 Å². The summed E-state index contributed by atoms with van der Waals surface area (Å²) < 4.78 is 0. The molecule has 0 bridgehead atoms. The van der Waals surface area contributed by atoms with Gasteiger partial charge in [0.25, 0.3) is 0 Å². The van der Waals surface area contributed by atoms with Crippen LogP contribution in [-0.4, -0.2) is 6.54 Å². The van der Waals surface area contributed by atoms with Crippen molar-refractivity contribution in [3.8, 4) is 0 Å². The second-order valence-electron chi connectivity index (χ2n) is 6.47. The van der Waals surface area contributed by atoms with Gasteiger partial charge in [0.2, 0.25) is 0 Å². The van der Waals surface area contributed by atoms with E-state index >= 15 is 0 Å². The zero-order chi connectivity index (χ0) is 12.9. The van der Waals surface area contributed by atoms with Gasteiger partial charge in [-0.2, -0.15) is 0 Å². The molecule has 1 aromatic carbocycles. The van der Waals surface area contributed by atoms with Gasteiger partial charge in [-0.15, -0.1) is 0 Å². The molecule has 3 rings (SSSR count). The fraction of sp³-hybridized carbons (Fsp3) is 0.667. The van der Waals surface area contributed by atoms with Gasteiger partial charge in [-0.25, -0.2) is 0 Å². The van der Waals surface area contributed by atoms with E-state index in [9.17, 15) is 0 Å². The Kier molecular flexibility index (Phi) is 4.55. The SMILES string of the molecule is c1ccc(C(NCCC2CC2)C2CCCCC2)cc1. The van der Waals surface area contributed by atoms with E-state index in [1.165, 1.54) is 63.5 Å². The van der Waals surface area contributed by atoms with Crippen molar-refractivity contribution < 1.29 is 0 Å². The van der Waals surface area contributed by atoms with Crippen LogP contribution in [0.1, 0.15) is 63.0 Å². The molecule has 0 aromatic heterocycles. The van der Waals surface area contributed by atoms with Crippen molar-refractivity contribution in [1.29, 1.82) is 0 Å². The Bertz CT molecular complexity index is 363. The first-order chi connectivity index (χ1) is 9.43. The average Bonchev–Trinajstić information content (AvgIpc) is 3.30. The molecule has 104 valence electrons. The fourth-order valence-corrected chi connectivity index (χ4v) is 3.53. The minimum Gasteiger partial charge on any atom is -0.310 e. The third kappa shape index (κ3) is 3.82. The summed E-state index contributed by atoms with van der Waals surface area (Å²) in [6.07, 6.45) is 11.5. The minimum absolute atomic E-state index is 0.597. The van der Waals surface area contributed by atoms with Gasteiger partial charge in [-0.3, -0.25) is 0 Å². The molecule has 0 heterocycles. The topological polar surface area (TPSA) is 12.0 Å². The van der Waals surface area contributed by atoms with Crippen LogP contribution < -0.4 is 5.32 Å². The van der Waals surface area contributed by atoms with E-state index < -0.39 is 0 Å². The first kappa shape index (κ1) is 13.2. The lowest BCUT2D eigenvalue weighted by Gasteiger charge is -2.31. The van der Waals surface area contributed by atoms with Crippen molar-refractivity contribution >= 4 is 0 Å². The van der Waals surface area contributed by atoms with E-state index in [-0.39, 0.29) is 0 Å². The Balaban J connectivity index is 1.62. The summed E-state index contributed by atoms with van der Waals surface area (Å²) in [6, 6.07) is 11.7. The number of rotatable bonds is 6. The predicted molar refractivity (Wildman–Crippen MR) is 81.1 cm³/mol. The summed E-state index contributed by atoms with van der Waals surface area (Å²) in [7, 11) is 0. The molecule has 2 fully saturated rings. The Hall–Kier alpha value is -0.820. The monoisotopic (exact) mass is 257 g/mol. The van der Waals surface area contributed by atoms with Gasteiger partial charge < -0.3 is 5.32 Å². The number of hydrogen-bond acceptors (Lipinski definition) is 1. The largest absolute Gasteiger partial charge is 0.310 e. The van der Waals surface area contributed by atoms with Crippen LogP contribution in [0.2, 0.25) is 0 Å². The third-order valence-electron chi connectivity index (χ3n) is 4.89. The molecule has 1 aromatic rings. The molecule has 0 saturated heterocycles. The van der Waals surface area contributed by atoms with Gasteiger partial charge >= 0.3 is 0 Å². The molecule has 1 atom stereocenters. The molecule has 1 heteroatoms. The molecule has 0 amide bonds. The summed E-state index contributed by atoms with van der Waals surface area (Å²) in [5, 5.41) is 3.88. The van der Waals surface area contributed by atoms with E-state index in [1.807, 2.05) is 0 Å². The lowest BCUT2D eigenvalue weighted by molar-refractivity contribution is 0.270. The lowest BCUT2D eigenvalue weighted by atomic mass is 9.81. The third-order valence-corrected chi connectivity index (χ3v) is 4.89. The summed E-state index contributed by atoms with van der Waals surface area (Å²) in [5.74, 6) is 1.89. The quantitative estimate of drug-likeness (QED) is 0.779. The molecule has 1 unspecified atom stereocenters. The molecule has 19 heavy (non-hydrogen) atoms. The average molecular weight is 257 g/mol. The highest BCUT2D eigenvalue weighted by molar-refractivity contribution is 5.20. The van der Waals surface area contributed by atoms with Crippen molar-refractivity contribution in [2.75, 3.05) is 6.54 Å². The first-order valence-electron chi connectivity index (χ1n) is 8.22. The van der Waals surface area contributed by atoms with Crippen molar-refractivity contribution in [3.05, 3.63) is 35.9 Å². The van der Waals surface area contributed by atoms with Crippen LogP contribution in [0.5, 0.6) is 0 Å². The highest BCUT2D eigenvalue weighted by Crippen LogP contribution is 2.35. The fourth-order valence-electron chi connectivity index (χ4n) is 3.53. The maximum Gasteiger partial charge on any atom is 0.0348 e. The zero-order valence-electron chi connectivity index (χ0n) is 12.0. The van der Waals surface area contributed by atoms with Gasteiger partial charge in [0.1, 0.15) is 0 Å². The molecule has 0 spiro atoms. The van der Waals surface area contributed by atoms with Crippen LogP contribution in [0.15, 0.2) is 30.3 Å². The van der Waals surface area contributed by atoms with Crippen LogP contribution in [0, 0.1) is 11.8 Å². The zero-order valence-corrected chi connectivity index (χ0v) is 12.0. The highest BCUT2D eigenvalue weighted by Gasteiger charge is 2.26. The summed E-state index contributed by atoms with van der Waals surface area (Å²) >= 11 is 0. The summed E-state index contributed by atoms with van der Waals surface area (Å²) in [5.41, 5.74) is 1.50. The molecule has 2 aliphatic rings. The molecule has 0 aliphatic heterocycles. The first-order valence-corrected chi connectivity index (χ1v) is 8.22. The van der Waals surface area contributed by atoms with E-state index in [0.29, 0.717) is 6.04 Å². The van der Waals surface area contributed by atoms with E-state index in [0.717, 1.165) is 11.8 Å². The smallest absolute Gasteiger partial charge is 0.0348 e. The van der Waals surface area contributed by atoms with Crippen LogP contribution in [-0.2, 0) is 0 Å². The molecule has 2 saturated carbocycles. The van der Waals surface area contributed by atoms with Crippen molar-refractivity contribution in [3.63, 3.8) is 0 Å². The molecule has 1 nitrogen and oxygen atoms in total. The Labute approximate surface area is 117 Å². The van der Waals surface area contributed by atoms with Gasteiger partial charge in [0, 0.05) is 6.04 Å². The molecule has 1 N–H and O–H groups in total. The predicted octanol–water partition coefficient (Wildman–Crippen LogP) is 4.70. The molecule has 2 aliphatic carbocycles. The van der Waals surface area contributed by atoms with Crippen molar-refractivity contribution in [2.24, 2.45) is 11.8 Å². The number of benzene rings is 1. The van der Waals surface area contributed by atoms with Gasteiger partial charge in [-0.1, -0.05) is 62.4 Å². The Morgan fingerprint density at radius 2 is 1.68 bits per heavy atom. The lowest BCUT2D eigenvalue weighted by Crippen LogP contribution is -2.30. The molecular weight excluding hydrogens is 230 g/mol. The Morgan fingerprint density at radius 1 is 0.947 bits per heavy atom. The highest BCUT2D eigenvalue weighted by atomic mass is 14.9. The maximum atomic E-state index is 3.88. The van der Waals surface area contributed by atoms with Crippen molar-refractivity contribution in [1.82, 2.24) is 5.32 Å². The maximum absolute atomic E-state index is 3.88. The summed E-state index contributed by atoms with van der Waals surface area (Å²) in [6.45, 7) is 1.21. The number of hydrogen-bond donors (Lipinski definition) is 1.